The molecule has 0 amide bonds. The van der Waals surface area contributed by atoms with Gasteiger partial charge in [0.25, 0.3) is 0 Å². The van der Waals surface area contributed by atoms with Gasteiger partial charge >= 0.3 is 205 Å². The minimum absolute atomic E-state index is 0.141. The molecule has 3 unspecified atom stereocenters. The van der Waals surface area contributed by atoms with Crippen LogP contribution in [0, 0.1) is 0 Å². The van der Waals surface area contributed by atoms with Crippen molar-refractivity contribution in [1.29, 1.82) is 0 Å². The molecule has 2 bridgehead atoms. The summed E-state index contributed by atoms with van der Waals surface area (Å²) >= 11 is 6.13. The van der Waals surface area contributed by atoms with Gasteiger partial charge in [-0.3, -0.25) is 0 Å². The quantitative estimate of drug-likeness (QED) is 0.246. The first-order chi connectivity index (χ1) is 18.4. The predicted molar refractivity (Wildman–Crippen MR) is 151 cm³/mol. The Morgan fingerprint density at radius 3 is 2.08 bits per heavy atom. The van der Waals surface area contributed by atoms with Gasteiger partial charge in [0, 0.05) is 5.02 Å². The first-order valence-corrected chi connectivity index (χ1v) is 15.6. The van der Waals surface area contributed by atoms with Crippen molar-refractivity contribution in [2.24, 2.45) is 0 Å². The molecule has 1 saturated heterocycles. The summed E-state index contributed by atoms with van der Waals surface area (Å²) in [5, 5.41) is 9.49. The van der Waals surface area contributed by atoms with E-state index >= 15 is 0 Å². The maximum absolute atomic E-state index is 13.4. The van der Waals surface area contributed by atoms with Crippen LogP contribution in [0.25, 0.3) is 11.1 Å². The topological polar surface area (TPSA) is 72.8 Å². The number of hydrogen-bond acceptors (Lipinski definition) is 5. The third kappa shape index (κ3) is 5.00. The molecule has 0 radical (unpaired) electrons. The molecule has 2 aliphatic heterocycles. The van der Waals surface area contributed by atoms with E-state index in [0.717, 1.165) is 22.3 Å². The summed E-state index contributed by atoms with van der Waals surface area (Å²) in [7, 11) is -4.00. The van der Waals surface area contributed by atoms with Crippen LogP contribution < -0.4 is 13.1 Å². The molecule has 4 aromatic rings. The fourth-order valence-electron chi connectivity index (χ4n) is 5.01. The van der Waals surface area contributed by atoms with E-state index < -0.39 is 21.5 Å². The van der Waals surface area contributed by atoms with Gasteiger partial charge < -0.3 is 0 Å². The second-order valence-electron chi connectivity index (χ2n) is 9.16. The van der Waals surface area contributed by atoms with Crippen LogP contribution in [-0.2, 0) is 14.9 Å². The zero-order chi connectivity index (χ0) is 26.3. The average molecular weight is 610 g/mol. The van der Waals surface area contributed by atoms with Crippen LogP contribution in [0.3, 0.4) is 0 Å². The molecule has 6 rings (SSSR count). The van der Waals surface area contributed by atoms with Gasteiger partial charge in [0.1, 0.15) is 0 Å². The van der Waals surface area contributed by atoms with E-state index in [9.17, 15) is 13.5 Å². The van der Waals surface area contributed by atoms with Crippen molar-refractivity contribution in [3.63, 3.8) is 0 Å². The molecule has 0 aromatic heterocycles. The van der Waals surface area contributed by atoms with Crippen LogP contribution in [0.4, 0.5) is 0 Å². The van der Waals surface area contributed by atoms with Gasteiger partial charge in [-0.25, -0.2) is 0 Å². The first kappa shape index (κ1) is 25.2. The molecule has 1 N–H and O–H groups in total. The van der Waals surface area contributed by atoms with Crippen molar-refractivity contribution in [2.75, 3.05) is 0 Å². The Labute approximate surface area is 233 Å². The van der Waals surface area contributed by atoms with Crippen LogP contribution in [0.1, 0.15) is 17.5 Å². The molecule has 2 aliphatic rings. The summed E-state index contributed by atoms with van der Waals surface area (Å²) in [5.41, 5.74) is 3.62. The van der Waals surface area contributed by atoms with Crippen molar-refractivity contribution in [2.45, 2.75) is 23.9 Å². The van der Waals surface area contributed by atoms with Crippen LogP contribution in [0.15, 0.2) is 103 Å². The van der Waals surface area contributed by atoms with E-state index in [1.807, 2.05) is 18.2 Å². The molecule has 3 atom stereocenters. The molecule has 38 heavy (non-hydrogen) atoms. The van der Waals surface area contributed by atoms with E-state index in [1.165, 1.54) is 21.1 Å². The number of halogens is 1. The third-order valence-electron chi connectivity index (χ3n) is 6.71. The predicted octanol–water partition coefficient (Wildman–Crippen LogP) is 4.56. The molecule has 8 heteroatoms. The second-order valence-corrected chi connectivity index (χ2v) is 13.8. The number of hydrogen-bond donors (Lipinski definition) is 1. The van der Waals surface area contributed by atoms with E-state index in [1.54, 1.807) is 36.4 Å². The molecule has 2 heterocycles. The molecule has 1 fully saturated rings. The Morgan fingerprint density at radius 2 is 1.39 bits per heavy atom. The molecular weight excluding hydrogens is 587 g/mol. The Balaban J connectivity index is 1.35. The molecule has 0 saturated carbocycles. The van der Waals surface area contributed by atoms with E-state index in [0.29, 0.717) is 11.4 Å². The Morgan fingerprint density at radius 1 is 0.789 bits per heavy atom. The van der Waals surface area contributed by atoms with Crippen molar-refractivity contribution in [3.8, 4) is 11.5 Å². The normalized spacial score (nSPS) is 20.6. The zero-order valence-corrected chi connectivity index (χ0v) is 23.3. The Kier molecular flexibility index (Phi) is 6.81. The SMILES string of the molecule is O=S(=O)(Oc1ccc(Cl)cc1)C1CC2OC1C(c1ccc(O)cc1)=C2c1ccc([Se]c2ccccc2)cc1. The second kappa shape index (κ2) is 10.2. The van der Waals surface area contributed by atoms with Gasteiger partial charge in [0.2, 0.25) is 0 Å². The van der Waals surface area contributed by atoms with Gasteiger partial charge in [-0.15, -0.1) is 0 Å². The number of phenols is 1. The van der Waals surface area contributed by atoms with Crippen LogP contribution in [-0.4, -0.2) is 45.9 Å². The standard InChI is InChI=1S/C30H23ClO5SSe/c31-21-10-14-23(15-11-21)36-37(33,34)27-18-26-28(29(30(27)35-26)20-6-12-22(32)13-7-20)19-8-16-25(17-9-19)38-24-4-2-1-3-5-24/h1-17,26-27,30,32H,18H2. The summed E-state index contributed by atoms with van der Waals surface area (Å²) in [4.78, 5) is 0. The summed E-state index contributed by atoms with van der Waals surface area (Å²) in [6.07, 6.45) is -0.777. The van der Waals surface area contributed by atoms with Crippen LogP contribution >= 0.6 is 11.6 Å². The van der Waals surface area contributed by atoms with Crippen molar-refractivity contribution in [3.05, 3.63) is 119 Å². The molecule has 0 aliphatic carbocycles. The number of rotatable bonds is 7. The summed E-state index contributed by atoms with van der Waals surface area (Å²) in [5.74, 6) is 0.353. The van der Waals surface area contributed by atoms with Gasteiger partial charge in [-0.05, 0) is 12.1 Å². The van der Waals surface area contributed by atoms with Gasteiger partial charge in [0.15, 0.2) is 0 Å². The first-order valence-electron chi connectivity index (χ1n) is 12.1. The minimum atomic E-state index is -4.00. The molecule has 4 aromatic carbocycles. The maximum atomic E-state index is 13.4. The number of phenolic OH excluding ortho intramolecular Hbond substituents is 1. The van der Waals surface area contributed by atoms with Crippen LogP contribution in [0.5, 0.6) is 11.5 Å². The Bertz CT molecular complexity index is 1590. The van der Waals surface area contributed by atoms with Gasteiger partial charge in [-0.2, -0.15) is 0 Å². The molecule has 192 valence electrons. The summed E-state index contributed by atoms with van der Waals surface area (Å²) in [6.45, 7) is 0. The zero-order valence-electron chi connectivity index (χ0n) is 20.0. The molecule has 5 nitrogen and oxygen atoms in total. The summed E-state index contributed by atoms with van der Waals surface area (Å²) < 4.78 is 41.1. The van der Waals surface area contributed by atoms with Crippen LogP contribution in [0.2, 0.25) is 5.02 Å². The Hall–Kier alpha value is -3.06. The molecule has 0 spiro atoms. The van der Waals surface area contributed by atoms with E-state index in [4.69, 9.17) is 20.5 Å². The molecular formula is C30H23ClO5SSe. The monoisotopic (exact) mass is 610 g/mol. The van der Waals surface area contributed by atoms with Crippen molar-refractivity contribution in [1.82, 2.24) is 0 Å². The van der Waals surface area contributed by atoms with E-state index in [-0.39, 0.29) is 32.6 Å². The van der Waals surface area contributed by atoms with Gasteiger partial charge in [-0.1, -0.05) is 11.6 Å². The van der Waals surface area contributed by atoms with Crippen molar-refractivity contribution < 1.29 is 22.4 Å². The average Bonchev–Trinajstić information content (AvgIpc) is 3.52. The summed E-state index contributed by atoms with van der Waals surface area (Å²) in [6, 6.07) is 31.9. The number of ether oxygens (including phenoxy) is 1. The van der Waals surface area contributed by atoms with Crippen molar-refractivity contribution >= 4 is 56.7 Å². The fraction of sp³-hybridized carbons (Fsp3) is 0.133. The third-order valence-corrected chi connectivity index (χ3v) is 10.7. The number of fused-ring (bicyclic) bond motifs is 2. The number of aromatic hydroxyl groups is 1. The number of benzene rings is 4. The van der Waals surface area contributed by atoms with Gasteiger partial charge in [0.05, 0.1) is 0 Å². The van der Waals surface area contributed by atoms with E-state index in [2.05, 4.69) is 36.4 Å². The fourth-order valence-corrected chi connectivity index (χ4v) is 8.31.